The van der Waals surface area contributed by atoms with E-state index in [9.17, 15) is 0 Å². The first-order valence-electron chi connectivity index (χ1n) is 4.21. The van der Waals surface area contributed by atoms with Gasteiger partial charge in [0.15, 0.2) is 0 Å². The summed E-state index contributed by atoms with van der Waals surface area (Å²) < 4.78 is 0. The normalized spacial score (nSPS) is 21.3. The second-order valence-corrected chi connectivity index (χ2v) is 4.12. The van der Waals surface area contributed by atoms with E-state index in [0.717, 1.165) is 11.8 Å². The molecule has 0 spiro atoms. The van der Waals surface area contributed by atoms with E-state index in [1.165, 1.54) is 37.9 Å². The molecule has 1 fully saturated rings. The third-order valence-electron chi connectivity index (χ3n) is 2.20. The minimum Gasteiger partial charge on any atom is -0.322 e. The van der Waals surface area contributed by atoms with Gasteiger partial charge in [-0.3, -0.25) is 0 Å². The molecule has 0 atom stereocenters. The summed E-state index contributed by atoms with van der Waals surface area (Å²) in [6, 6.07) is 0. The first kappa shape index (κ1) is 8.41. The predicted octanol–water partition coefficient (Wildman–Crippen LogP) is 2.22. The molecule has 0 aromatic carbocycles. The maximum Gasteiger partial charge on any atom is 0.0392 e. The molecular formula is C8H17NS. The molecule has 10 heavy (non-hydrogen) atoms. The Hall–Kier alpha value is 0.310. The Morgan fingerprint density at radius 2 is 1.90 bits per heavy atom. The van der Waals surface area contributed by atoms with Gasteiger partial charge >= 0.3 is 0 Å². The lowest BCUT2D eigenvalue weighted by molar-refractivity contribution is 0.391. The Morgan fingerprint density at radius 3 is 2.50 bits per heavy atom. The van der Waals surface area contributed by atoms with Gasteiger partial charge in [-0.2, -0.15) is 0 Å². The van der Waals surface area contributed by atoms with Crippen molar-refractivity contribution in [2.75, 3.05) is 11.6 Å². The molecule has 1 rings (SSSR count). The zero-order valence-electron chi connectivity index (χ0n) is 6.51. The second-order valence-electron chi connectivity index (χ2n) is 3.04. The molecule has 1 aliphatic carbocycles. The van der Waals surface area contributed by atoms with E-state index in [-0.39, 0.29) is 0 Å². The van der Waals surface area contributed by atoms with Gasteiger partial charge in [0.2, 0.25) is 0 Å². The van der Waals surface area contributed by atoms with Crippen LogP contribution in [0, 0.1) is 5.92 Å². The molecule has 0 aromatic rings. The number of hydrogen-bond donors (Lipinski definition) is 1. The minimum absolute atomic E-state index is 0.802. The molecule has 60 valence electrons. The van der Waals surface area contributed by atoms with Gasteiger partial charge in [0.1, 0.15) is 0 Å². The van der Waals surface area contributed by atoms with Crippen LogP contribution in [-0.4, -0.2) is 11.6 Å². The van der Waals surface area contributed by atoms with E-state index in [1.54, 1.807) is 0 Å². The molecule has 0 amide bonds. The lowest BCUT2D eigenvalue weighted by Crippen LogP contribution is -2.10. The van der Waals surface area contributed by atoms with Gasteiger partial charge in [0.25, 0.3) is 0 Å². The van der Waals surface area contributed by atoms with Crippen molar-refractivity contribution in [3.05, 3.63) is 0 Å². The number of rotatable bonds is 3. The summed E-state index contributed by atoms with van der Waals surface area (Å²) >= 11 is 1.89. The van der Waals surface area contributed by atoms with Crippen molar-refractivity contribution in [3.8, 4) is 0 Å². The van der Waals surface area contributed by atoms with Crippen LogP contribution in [-0.2, 0) is 0 Å². The van der Waals surface area contributed by atoms with E-state index in [0.29, 0.717) is 0 Å². The van der Waals surface area contributed by atoms with Gasteiger partial charge in [-0.05, 0) is 24.5 Å². The number of hydrogen-bond acceptors (Lipinski definition) is 2. The van der Waals surface area contributed by atoms with Crippen LogP contribution in [0.1, 0.15) is 32.1 Å². The van der Waals surface area contributed by atoms with Crippen molar-refractivity contribution in [3.63, 3.8) is 0 Å². The molecule has 0 bridgehead atoms. The second kappa shape index (κ2) is 5.03. The molecule has 0 saturated heterocycles. The van der Waals surface area contributed by atoms with Crippen molar-refractivity contribution in [2.45, 2.75) is 32.1 Å². The lowest BCUT2D eigenvalue weighted by atomic mass is 9.91. The quantitative estimate of drug-likeness (QED) is 0.639. The molecule has 1 saturated carbocycles. The molecule has 1 aliphatic rings. The molecule has 0 radical (unpaired) electrons. The maximum absolute atomic E-state index is 5.41. The maximum atomic E-state index is 5.41. The summed E-state index contributed by atoms with van der Waals surface area (Å²) in [7, 11) is 0. The smallest absolute Gasteiger partial charge is 0.0392 e. The molecule has 2 N–H and O–H groups in total. The first-order chi connectivity index (χ1) is 4.93. The van der Waals surface area contributed by atoms with E-state index < -0.39 is 0 Å². The van der Waals surface area contributed by atoms with Crippen LogP contribution in [0.5, 0.6) is 0 Å². The fraction of sp³-hybridized carbons (Fsp3) is 1.00. The highest BCUT2D eigenvalue weighted by Crippen LogP contribution is 2.25. The van der Waals surface area contributed by atoms with Gasteiger partial charge in [-0.1, -0.05) is 19.3 Å². The topological polar surface area (TPSA) is 26.0 Å². The average molecular weight is 159 g/mol. The van der Waals surface area contributed by atoms with Crippen LogP contribution < -0.4 is 5.73 Å². The molecule has 0 heterocycles. The third kappa shape index (κ3) is 2.93. The largest absolute Gasteiger partial charge is 0.322 e. The summed E-state index contributed by atoms with van der Waals surface area (Å²) in [6.07, 6.45) is 7.27. The Labute approximate surface area is 67.8 Å². The molecular weight excluding hydrogens is 142 g/mol. The van der Waals surface area contributed by atoms with E-state index in [4.69, 9.17) is 5.73 Å². The van der Waals surface area contributed by atoms with Crippen LogP contribution in [0.3, 0.4) is 0 Å². The van der Waals surface area contributed by atoms with Crippen LogP contribution in [0.15, 0.2) is 0 Å². The number of nitrogens with two attached hydrogens (primary N) is 1. The Morgan fingerprint density at radius 1 is 1.20 bits per heavy atom. The van der Waals surface area contributed by atoms with E-state index in [1.807, 2.05) is 11.8 Å². The van der Waals surface area contributed by atoms with Crippen molar-refractivity contribution in [2.24, 2.45) is 11.7 Å². The zero-order chi connectivity index (χ0) is 7.23. The molecule has 1 nitrogen and oxygen atoms in total. The zero-order valence-corrected chi connectivity index (χ0v) is 7.33. The van der Waals surface area contributed by atoms with E-state index >= 15 is 0 Å². The fourth-order valence-corrected chi connectivity index (χ4v) is 2.39. The molecule has 0 aliphatic heterocycles. The predicted molar refractivity (Wildman–Crippen MR) is 48.1 cm³/mol. The van der Waals surface area contributed by atoms with Gasteiger partial charge in [0, 0.05) is 5.88 Å². The highest BCUT2D eigenvalue weighted by molar-refractivity contribution is 7.99. The Kier molecular flexibility index (Phi) is 4.23. The molecule has 2 heteroatoms. The monoisotopic (exact) mass is 159 g/mol. The van der Waals surface area contributed by atoms with Gasteiger partial charge in [-0.25, -0.2) is 0 Å². The summed E-state index contributed by atoms with van der Waals surface area (Å²) in [5, 5.41) is 0. The third-order valence-corrected chi connectivity index (χ3v) is 3.14. The lowest BCUT2D eigenvalue weighted by Gasteiger charge is -2.20. The summed E-state index contributed by atoms with van der Waals surface area (Å²) in [6.45, 7) is 0. The highest BCUT2D eigenvalue weighted by Gasteiger charge is 2.12. The summed E-state index contributed by atoms with van der Waals surface area (Å²) in [5.41, 5.74) is 5.41. The molecule has 0 aromatic heterocycles. The van der Waals surface area contributed by atoms with Crippen LogP contribution in [0.25, 0.3) is 0 Å². The summed E-state index contributed by atoms with van der Waals surface area (Å²) in [5.74, 6) is 3.09. The van der Waals surface area contributed by atoms with E-state index in [2.05, 4.69) is 0 Å². The van der Waals surface area contributed by atoms with Crippen LogP contribution >= 0.6 is 11.8 Å². The SMILES string of the molecule is NCSCC1CCCCC1. The van der Waals surface area contributed by atoms with Gasteiger partial charge < -0.3 is 5.73 Å². The highest BCUT2D eigenvalue weighted by atomic mass is 32.2. The average Bonchev–Trinajstić information content (AvgIpc) is 2.03. The van der Waals surface area contributed by atoms with Crippen molar-refractivity contribution in [1.82, 2.24) is 0 Å². The Balaban J connectivity index is 2.02. The van der Waals surface area contributed by atoms with Crippen LogP contribution in [0.4, 0.5) is 0 Å². The van der Waals surface area contributed by atoms with Gasteiger partial charge in [-0.15, -0.1) is 11.8 Å². The van der Waals surface area contributed by atoms with Crippen molar-refractivity contribution < 1.29 is 0 Å². The Bertz CT molecular complexity index is 79.3. The standard InChI is InChI=1S/C8H17NS/c9-7-10-6-8-4-2-1-3-5-8/h8H,1-7,9H2. The van der Waals surface area contributed by atoms with Gasteiger partial charge in [0.05, 0.1) is 0 Å². The van der Waals surface area contributed by atoms with Crippen molar-refractivity contribution >= 4 is 11.8 Å². The summed E-state index contributed by atoms with van der Waals surface area (Å²) in [4.78, 5) is 0. The minimum atomic E-state index is 0.802. The molecule has 0 unspecified atom stereocenters. The fourth-order valence-electron chi connectivity index (χ4n) is 1.59. The van der Waals surface area contributed by atoms with Crippen molar-refractivity contribution in [1.29, 1.82) is 0 Å². The van der Waals surface area contributed by atoms with Crippen LogP contribution in [0.2, 0.25) is 0 Å². The first-order valence-corrected chi connectivity index (χ1v) is 5.37. The number of thioether (sulfide) groups is 1.